The normalized spacial score (nSPS) is 22.9. The quantitative estimate of drug-likeness (QED) is 0.822. The topological polar surface area (TPSA) is 76.0 Å². The van der Waals surface area contributed by atoms with Crippen molar-refractivity contribution in [1.29, 1.82) is 0 Å². The van der Waals surface area contributed by atoms with Crippen LogP contribution in [-0.4, -0.2) is 36.8 Å². The summed E-state index contributed by atoms with van der Waals surface area (Å²) in [6.07, 6.45) is 4.81. The maximum Gasteiger partial charge on any atom is 0.257 e. The van der Waals surface area contributed by atoms with Crippen LogP contribution in [0.4, 0.5) is 0 Å². The lowest BCUT2D eigenvalue weighted by Gasteiger charge is -2.29. The van der Waals surface area contributed by atoms with Crippen molar-refractivity contribution in [2.24, 2.45) is 7.05 Å². The third-order valence-electron chi connectivity index (χ3n) is 3.34. The molecule has 102 valence electrons. The van der Waals surface area contributed by atoms with Crippen LogP contribution in [0.1, 0.15) is 26.2 Å². The molecule has 1 saturated heterocycles. The molecule has 2 unspecified atom stereocenters. The Morgan fingerprint density at radius 2 is 2.33 bits per heavy atom. The molecule has 2 atom stereocenters. The predicted molar refractivity (Wildman–Crippen MR) is 68.6 cm³/mol. The van der Waals surface area contributed by atoms with Gasteiger partial charge < -0.3 is 5.32 Å². The molecule has 2 rings (SSSR count). The van der Waals surface area contributed by atoms with E-state index < -0.39 is 10.0 Å². The van der Waals surface area contributed by atoms with Gasteiger partial charge in [-0.25, -0.2) is 13.1 Å². The van der Waals surface area contributed by atoms with Crippen LogP contribution in [0.5, 0.6) is 0 Å². The Hall–Kier alpha value is -0.920. The SMILES string of the molecule is CC(NS(=O)(=O)c1ccnn1C)C1CCCCN1. The van der Waals surface area contributed by atoms with E-state index in [9.17, 15) is 8.42 Å². The van der Waals surface area contributed by atoms with Crippen molar-refractivity contribution in [2.45, 2.75) is 43.3 Å². The maximum absolute atomic E-state index is 12.2. The summed E-state index contributed by atoms with van der Waals surface area (Å²) in [6, 6.07) is 1.59. The molecule has 0 radical (unpaired) electrons. The van der Waals surface area contributed by atoms with E-state index in [2.05, 4.69) is 15.1 Å². The first-order valence-corrected chi connectivity index (χ1v) is 7.73. The van der Waals surface area contributed by atoms with Gasteiger partial charge in [-0.2, -0.15) is 5.10 Å². The molecule has 6 nitrogen and oxygen atoms in total. The van der Waals surface area contributed by atoms with Gasteiger partial charge in [0, 0.05) is 19.1 Å². The van der Waals surface area contributed by atoms with Crippen LogP contribution in [-0.2, 0) is 17.1 Å². The van der Waals surface area contributed by atoms with Crippen LogP contribution in [0.3, 0.4) is 0 Å². The van der Waals surface area contributed by atoms with Gasteiger partial charge >= 0.3 is 0 Å². The molecule has 0 bridgehead atoms. The first-order chi connectivity index (χ1) is 8.50. The minimum absolute atomic E-state index is 0.120. The molecule has 1 aromatic rings. The van der Waals surface area contributed by atoms with Crippen LogP contribution in [0, 0.1) is 0 Å². The van der Waals surface area contributed by atoms with Crippen molar-refractivity contribution in [3.05, 3.63) is 12.3 Å². The molecule has 0 saturated carbocycles. The number of piperidine rings is 1. The summed E-state index contributed by atoms with van der Waals surface area (Å²) in [5.74, 6) is 0. The fraction of sp³-hybridized carbons (Fsp3) is 0.727. The van der Waals surface area contributed by atoms with Gasteiger partial charge in [0.05, 0.1) is 6.20 Å². The number of aromatic nitrogens is 2. The standard InChI is InChI=1S/C11H20N4O2S/c1-9(10-5-3-4-7-12-10)14-18(16,17)11-6-8-13-15(11)2/h6,8-10,12,14H,3-5,7H2,1-2H3. The zero-order valence-corrected chi connectivity index (χ0v) is 11.6. The van der Waals surface area contributed by atoms with Gasteiger partial charge in [-0.05, 0) is 32.4 Å². The van der Waals surface area contributed by atoms with Crippen LogP contribution >= 0.6 is 0 Å². The molecule has 1 aliphatic heterocycles. The highest BCUT2D eigenvalue weighted by Crippen LogP contribution is 2.13. The number of rotatable bonds is 4. The molecule has 0 spiro atoms. The van der Waals surface area contributed by atoms with Crippen molar-refractivity contribution in [3.8, 4) is 0 Å². The van der Waals surface area contributed by atoms with E-state index in [0.717, 1.165) is 25.8 Å². The summed E-state index contributed by atoms with van der Waals surface area (Å²) in [6.45, 7) is 2.86. The maximum atomic E-state index is 12.2. The smallest absolute Gasteiger partial charge is 0.257 e. The van der Waals surface area contributed by atoms with Crippen LogP contribution in [0.25, 0.3) is 0 Å². The molecule has 1 aliphatic rings. The second kappa shape index (κ2) is 5.38. The Balaban J connectivity index is 2.06. The van der Waals surface area contributed by atoms with E-state index in [0.29, 0.717) is 0 Å². The van der Waals surface area contributed by atoms with Crippen molar-refractivity contribution in [2.75, 3.05) is 6.54 Å². The van der Waals surface area contributed by atoms with Crippen molar-refractivity contribution >= 4 is 10.0 Å². The molecule has 0 aliphatic carbocycles. The Morgan fingerprint density at radius 1 is 1.56 bits per heavy atom. The van der Waals surface area contributed by atoms with E-state index in [1.807, 2.05) is 6.92 Å². The molecule has 1 fully saturated rings. The zero-order valence-electron chi connectivity index (χ0n) is 10.8. The molecule has 2 heterocycles. The summed E-state index contributed by atoms with van der Waals surface area (Å²) >= 11 is 0. The largest absolute Gasteiger partial charge is 0.312 e. The molecule has 7 heteroatoms. The number of hydrogen-bond donors (Lipinski definition) is 2. The van der Waals surface area contributed by atoms with Gasteiger partial charge in [0.2, 0.25) is 0 Å². The molecule has 0 aromatic carbocycles. The van der Waals surface area contributed by atoms with Gasteiger partial charge in [0.1, 0.15) is 0 Å². The summed E-state index contributed by atoms with van der Waals surface area (Å²) in [7, 11) is -1.86. The van der Waals surface area contributed by atoms with Crippen molar-refractivity contribution < 1.29 is 8.42 Å². The summed E-state index contributed by atoms with van der Waals surface area (Å²) in [5.41, 5.74) is 0. The monoisotopic (exact) mass is 272 g/mol. The van der Waals surface area contributed by atoms with Gasteiger partial charge in [0.15, 0.2) is 5.03 Å². The Kier molecular flexibility index (Phi) is 4.04. The van der Waals surface area contributed by atoms with E-state index in [1.54, 1.807) is 7.05 Å². The van der Waals surface area contributed by atoms with E-state index in [1.165, 1.54) is 16.9 Å². The molecule has 0 amide bonds. The number of nitrogens with one attached hydrogen (secondary N) is 2. The van der Waals surface area contributed by atoms with Gasteiger partial charge in [-0.15, -0.1) is 0 Å². The minimum atomic E-state index is -3.49. The first-order valence-electron chi connectivity index (χ1n) is 6.24. The van der Waals surface area contributed by atoms with Crippen LogP contribution in [0.15, 0.2) is 17.3 Å². The van der Waals surface area contributed by atoms with Crippen LogP contribution < -0.4 is 10.0 Å². The van der Waals surface area contributed by atoms with E-state index >= 15 is 0 Å². The molecule has 1 aromatic heterocycles. The number of nitrogens with zero attached hydrogens (tertiary/aromatic N) is 2. The second-order valence-electron chi connectivity index (χ2n) is 4.76. The number of aryl methyl sites for hydroxylation is 1. The Morgan fingerprint density at radius 3 is 2.89 bits per heavy atom. The highest BCUT2D eigenvalue weighted by Gasteiger charge is 2.26. The lowest BCUT2D eigenvalue weighted by molar-refractivity contribution is 0.346. The summed E-state index contributed by atoms with van der Waals surface area (Å²) in [5, 5.41) is 7.44. The Labute approximate surface area is 108 Å². The highest BCUT2D eigenvalue weighted by atomic mass is 32.2. The van der Waals surface area contributed by atoms with Gasteiger partial charge in [-0.1, -0.05) is 6.42 Å². The van der Waals surface area contributed by atoms with Crippen molar-refractivity contribution in [3.63, 3.8) is 0 Å². The Bertz CT molecular complexity index is 491. The van der Waals surface area contributed by atoms with Gasteiger partial charge in [0.25, 0.3) is 10.0 Å². The lowest BCUT2D eigenvalue weighted by Crippen LogP contribution is -2.50. The third-order valence-corrected chi connectivity index (χ3v) is 4.98. The third kappa shape index (κ3) is 2.90. The first kappa shape index (κ1) is 13.5. The summed E-state index contributed by atoms with van der Waals surface area (Å²) < 4.78 is 28.4. The van der Waals surface area contributed by atoms with Crippen molar-refractivity contribution in [1.82, 2.24) is 19.8 Å². The fourth-order valence-corrected chi connectivity index (χ4v) is 3.73. The predicted octanol–water partition coefficient (Wildman–Crippen LogP) is 0.229. The van der Waals surface area contributed by atoms with E-state index in [-0.39, 0.29) is 17.1 Å². The molecular weight excluding hydrogens is 252 g/mol. The zero-order chi connectivity index (χ0) is 13.2. The second-order valence-corrected chi connectivity index (χ2v) is 6.42. The van der Waals surface area contributed by atoms with Gasteiger partial charge in [-0.3, -0.25) is 4.68 Å². The highest BCUT2D eigenvalue weighted by molar-refractivity contribution is 7.89. The molecule has 2 N–H and O–H groups in total. The number of hydrogen-bond acceptors (Lipinski definition) is 4. The molecular formula is C11H20N4O2S. The number of sulfonamides is 1. The van der Waals surface area contributed by atoms with Crippen LogP contribution in [0.2, 0.25) is 0 Å². The minimum Gasteiger partial charge on any atom is -0.312 e. The fourth-order valence-electron chi connectivity index (χ4n) is 2.32. The average Bonchev–Trinajstić information content (AvgIpc) is 2.77. The summed E-state index contributed by atoms with van der Waals surface area (Å²) in [4.78, 5) is 0. The van der Waals surface area contributed by atoms with E-state index in [4.69, 9.17) is 0 Å². The lowest BCUT2D eigenvalue weighted by atomic mass is 10.00. The average molecular weight is 272 g/mol. The molecule has 18 heavy (non-hydrogen) atoms.